The molecule has 1 atom stereocenters. The number of halogens is 2. The quantitative estimate of drug-likeness (QED) is 0.847. The van der Waals surface area contributed by atoms with Crippen LogP contribution >= 0.6 is 23.2 Å². The van der Waals surface area contributed by atoms with Gasteiger partial charge in [0.1, 0.15) is 0 Å². The van der Waals surface area contributed by atoms with E-state index in [2.05, 4.69) is 37.4 Å². The Labute approximate surface area is 124 Å². The fourth-order valence-corrected chi connectivity index (χ4v) is 2.71. The lowest BCUT2D eigenvalue weighted by Gasteiger charge is -2.21. The summed E-state index contributed by atoms with van der Waals surface area (Å²) in [6.45, 7) is 4.25. The Morgan fingerprint density at radius 1 is 1.00 bits per heavy atom. The Bertz CT molecular complexity index is 591. The van der Waals surface area contributed by atoms with E-state index in [4.69, 9.17) is 23.2 Å². The topological polar surface area (TPSA) is 12.0 Å². The number of hydrogen-bond acceptors (Lipinski definition) is 1. The first kappa shape index (κ1) is 14.4. The lowest BCUT2D eigenvalue weighted by molar-refractivity contribution is 0.687. The van der Waals surface area contributed by atoms with Crippen LogP contribution in [0.5, 0.6) is 0 Å². The zero-order valence-corrected chi connectivity index (χ0v) is 12.8. The summed E-state index contributed by atoms with van der Waals surface area (Å²) in [5, 5.41) is 4.75. The van der Waals surface area contributed by atoms with Crippen molar-refractivity contribution in [2.45, 2.75) is 19.9 Å². The van der Waals surface area contributed by atoms with E-state index in [0.29, 0.717) is 5.02 Å². The summed E-state index contributed by atoms with van der Waals surface area (Å²) in [6, 6.07) is 11.9. The van der Waals surface area contributed by atoms with Crippen molar-refractivity contribution in [3.05, 3.63) is 68.7 Å². The Balaban J connectivity index is 2.56. The molecule has 0 spiro atoms. The first-order chi connectivity index (χ1) is 9.04. The molecular formula is C16H17Cl2N. The largest absolute Gasteiger partial charge is 0.309 e. The summed E-state index contributed by atoms with van der Waals surface area (Å²) in [5.41, 5.74) is 4.78. The van der Waals surface area contributed by atoms with Crippen molar-refractivity contribution in [2.75, 3.05) is 7.05 Å². The van der Waals surface area contributed by atoms with E-state index in [1.807, 2.05) is 25.2 Å². The standard InChI is InChI=1S/C16H17Cl2N/c1-10-5-4-6-13(11(10)2)16(19-3)14-9-12(17)7-8-15(14)18/h4-9,16,19H,1-3H3. The summed E-state index contributed by atoms with van der Waals surface area (Å²) in [4.78, 5) is 0. The fraction of sp³-hybridized carbons (Fsp3) is 0.250. The van der Waals surface area contributed by atoms with Crippen LogP contribution in [-0.2, 0) is 0 Å². The maximum atomic E-state index is 6.31. The average molecular weight is 294 g/mol. The molecule has 1 unspecified atom stereocenters. The maximum absolute atomic E-state index is 6.31. The van der Waals surface area contributed by atoms with Gasteiger partial charge in [-0.25, -0.2) is 0 Å². The lowest BCUT2D eigenvalue weighted by Crippen LogP contribution is -2.19. The zero-order valence-electron chi connectivity index (χ0n) is 11.3. The van der Waals surface area contributed by atoms with E-state index >= 15 is 0 Å². The van der Waals surface area contributed by atoms with Crippen LogP contribution in [0.25, 0.3) is 0 Å². The molecule has 0 aliphatic heterocycles. The highest BCUT2D eigenvalue weighted by Crippen LogP contribution is 2.32. The van der Waals surface area contributed by atoms with Gasteiger partial charge in [0.25, 0.3) is 0 Å². The number of hydrogen-bond donors (Lipinski definition) is 1. The van der Waals surface area contributed by atoms with Crippen LogP contribution in [0.4, 0.5) is 0 Å². The zero-order chi connectivity index (χ0) is 14.0. The molecule has 0 aliphatic rings. The average Bonchev–Trinajstić information content (AvgIpc) is 2.39. The Morgan fingerprint density at radius 3 is 2.42 bits per heavy atom. The van der Waals surface area contributed by atoms with Crippen molar-refractivity contribution in [3.63, 3.8) is 0 Å². The Morgan fingerprint density at radius 2 is 1.74 bits per heavy atom. The summed E-state index contributed by atoms with van der Waals surface area (Å²) in [6.07, 6.45) is 0. The van der Waals surface area contributed by atoms with E-state index < -0.39 is 0 Å². The van der Waals surface area contributed by atoms with Gasteiger partial charge in [-0.3, -0.25) is 0 Å². The number of aryl methyl sites for hydroxylation is 1. The van der Waals surface area contributed by atoms with Crippen molar-refractivity contribution in [3.8, 4) is 0 Å². The maximum Gasteiger partial charge on any atom is 0.0592 e. The molecule has 0 radical (unpaired) electrons. The summed E-state index contributed by atoms with van der Waals surface area (Å²) in [7, 11) is 1.93. The third-order valence-corrected chi connectivity index (χ3v) is 4.09. The van der Waals surface area contributed by atoms with Crippen LogP contribution in [-0.4, -0.2) is 7.05 Å². The smallest absolute Gasteiger partial charge is 0.0592 e. The molecule has 0 heterocycles. The molecule has 3 heteroatoms. The third kappa shape index (κ3) is 2.94. The number of benzene rings is 2. The molecule has 0 aromatic heterocycles. The van der Waals surface area contributed by atoms with E-state index in [0.717, 1.165) is 10.6 Å². The third-order valence-electron chi connectivity index (χ3n) is 3.52. The van der Waals surface area contributed by atoms with E-state index in [9.17, 15) is 0 Å². The van der Waals surface area contributed by atoms with Gasteiger partial charge in [0.05, 0.1) is 6.04 Å². The number of nitrogens with one attached hydrogen (secondary N) is 1. The molecule has 0 aliphatic carbocycles. The highest BCUT2D eigenvalue weighted by molar-refractivity contribution is 6.33. The Kier molecular flexibility index (Phi) is 4.51. The molecule has 2 rings (SSSR count). The monoisotopic (exact) mass is 293 g/mol. The van der Waals surface area contributed by atoms with Gasteiger partial charge in [0.15, 0.2) is 0 Å². The van der Waals surface area contributed by atoms with Gasteiger partial charge >= 0.3 is 0 Å². The van der Waals surface area contributed by atoms with Crippen molar-refractivity contribution in [2.24, 2.45) is 0 Å². The summed E-state index contributed by atoms with van der Waals surface area (Å²) in [5.74, 6) is 0. The molecule has 100 valence electrons. The molecule has 0 saturated heterocycles. The van der Waals surface area contributed by atoms with Crippen LogP contribution in [0.15, 0.2) is 36.4 Å². The SMILES string of the molecule is CNC(c1cc(Cl)ccc1Cl)c1cccc(C)c1C. The van der Waals surface area contributed by atoms with Crippen LogP contribution < -0.4 is 5.32 Å². The van der Waals surface area contributed by atoms with Crippen LogP contribution in [0, 0.1) is 13.8 Å². The predicted molar refractivity (Wildman–Crippen MR) is 83.3 cm³/mol. The van der Waals surface area contributed by atoms with Gasteiger partial charge in [-0.15, -0.1) is 0 Å². The molecule has 2 aromatic rings. The predicted octanol–water partition coefficient (Wildman–Crippen LogP) is 4.92. The van der Waals surface area contributed by atoms with Gasteiger partial charge in [0, 0.05) is 10.0 Å². The van der Waals surface area contributed by atoms with Crippen LogP contribution in [0.3, 0.4) is 0 Å². The molecule has 1 N–H and O–H groups in total. The van der Waals surface area contributed by atoms with Crippen molar-refractivity contribution in [1.29, 1.82) is 0 Å². The molecular weight excluding hydrogens is 277 g/mol. The normalized spacial score (nSPS) is 12.5. The molecule has 19 heavy (non-hydrogen) atoms. The van der Waals surface area contributed by atoms with Crippen LogP contribution in [0.2, 0.25) is 10.0 Å². The molecule has 1 nitrogen and oxygen atoms in total. The summed E-state index contributed by atoms with van der Waals surface area (Å²) >= 11 is 12.4. The van der Waals surface area contributed by atoms with Gasteiger partial charge in [0.2, 0.25) is 0 Å². The first-order valence-electron chi connectivity index (χ1n) is 6.23. The molecule has 2 aromatic carbocycles. The summed E-state index contributed by atoms with van der Waals surface area (Å²) < 4.78 is 0. The molecule has 0 saturated carbocycles. The highest BCUT2D eigenvalue weighted by Gasteiger charge is 2.18. The second kappa shape index (κ2) is 5.96. The number of rotatable bonds is 3. The van der Waals surface area contributed by atoms with Crippen LogP contribution in [0.1, 0.15) is 28.3 Å². The van der Waals surface area contributed by atoms with Crippen molar-refractivity contribution >= 4 is 23.2 Å². The Hall–Kier alpha value is -1.02. The van der Waals surface area contributed by atoms with Gasteiger partial charge in [-0.1, -0.05) is 41.4 Å². The second-order valence-electron chi connectivity index (χ2n) is 4.68. The molecule has 0 bridgehead atoms. The molecule has 0 amide bonds. The second-order valence-corrected chi connectivity index (χ2v) is 5.52. The lowest BCUT2D eigenvalue weighted by atomic mass is 9.93. The fourth-order valence-electron chi connectivity index (χ4n) is 2.30. The van der Waals surface area contributed by atoms with Crippen molar-refractivity contribution in [1.82, 2.24) is 5.32 Å². The highest BCUT2D eigenvalue weighted by atomic mass is 35.5. The first-order valence-corrected chi connectivity index (χ1v) is 6.98. The van der Waals surface area contributed by atoms with E-state index in [1.54, 1.807) is 0 Å². The van der Waals surface area contributed by atoms with Gasteiger partial charge in [-0.2, -0.15) is 0 Å². The van der Waals surface area contributed by atoms with E-state index in [-0.39, 0.29) is 6.04 Å². The minimum absolute atomic E-state index is 0.0473. The van der Waals surface area contributed by atoms with Gasteiger partial charge in [-0.05, 0) is 61.3 Å². The van der Waals surface area contributed by atoms with E-state index in [1.165, 1.54) is 16.7 Å². The van der Waals surface area contributed by atoms with Gasteiger partial charge < -0.3 is 5.32 Å². The minimum Gasteiger partial charge on any atom is -0.309 e. The van der Waals surface area contributed by atoms with Crippen molar-refractivity contribution < 1.29 is 0 Å². The molecule has 0 fully saturated rings. The minimum atomic E-state index is 0.0473.